The predicted molar refractivity (Wildman–Crippen MR) is 59.6 cm³/mol. The second-order valence-corrected chi connectivity index (χ2v) is 3.80. The van der Waals surface area contributed by atoms with E-state index < -0.39 is 0 Å². The fraction of sp³-hybridized carbons (Fsp3) is 0.333. The van der Waals surface area contributed by atoms with Crippen LogP contribution in [0.2, 0.25) is 0 Å². The van der Waals surface area contributed by atoms with E-state index in [2.05, 4.69) is 5.32 Å². The number of benzene rings is 1. The molecule has 1 aliphatic rings. The van der Waals surface area contributed by atoms with Gasteiger partial charge in [0.05, 0.1) is 6.54 Å². The zero-order chi connectivity index (χ0) is 11.4. The molecule has 1 N–H and O–H groups in total. The highest BCUT2D eigenvalue weighted by molar-refractivity contribution is 5.95. The Hall–Kier alpha value is -1.84. The minimum Gasteiger partial charge on any atom is -0.338 e. The Morgan fingerprint density at radius 2 is 1.94 bits per heavy atom. The van der Waals surface area contributed by atoms with Crippen molar-refractivity contribution in [1.82, 2.24) is 10.2 Å². The van der Waals surface area contributed by atoms with Crippen molar-refractivity contribution in [1.29, 1.82) is 0 Å². The lowest BCUT2D eigenvalue weighted by atomic mass is 10.2. The maximum atomic E-state index is 11.7. The molecule has 0 spiro atoms. The fourth-order valence-electron chi connectivity index (χ4n) is 1.70. The lowest BCUT2D eigenvalue weighted by Gasteiger charge is -2.18. The average molecular weight is 218 g/mol. The lowest BCUT2D eigenvalue weighted by molar-refractivity contribution is -0.128. The molecule has 1 heterocycles. The van der Waals surface area contributed by atoms with Gasteiger partial charge in [0.1, 0.15) is 0 Å². The largest absolute Gasteiger partial charge is 0.338 e. The molecule has 1 fully saturated rings. The highest BCUT2D eigenvalue weighted by atomic mass is 16.2. The number of urea groups is 1. The maximum Gasteiger partial charge on any atom is 0.324 e. The molecule has 4 nitrogen and oxygen atoms in total. The van der Waals surface area contributed by atoms with Gasteiger partial charge in [-0.15, -0.1) is 0 Å². The molecule has 0 bridgehead atoms. The van der Waals surface area contributed by atoms with Gasteiger partial charge in [0.15, 0.2) is 0 Å². The van der Waals surface area contributed by atoms with Crippen molar-refractivity contribution < 1.29 is 9.59 Å². The number of carbonyl (C=O) groups is 2. The second-order valence-electron chi connectivity index (χ2n) is 3.80. The van der Waals surface area contributed by atoms with Gasteiger partial charge in [-0.2, -0.15) is 0 Å². The van der Waals surface area contributed by atoms with Crippen LogP contribution in [0.15, 0.2) is 30.3 Å². The molecule has 0 radical (unpaired) electrons. The van der Waals surface area contributed by atoms with Gasteiger partial charge in [0.25, 0.3) is 0 Å². The third kappa shape index (κ3) is 2.39. The van der Waals surface area contributed by atoms with Crippen LogP contribution in [0.25, 0.3) is 0 Å². The molecular formula is C12H14N2O2. The molecule has 0 aromatic heterocycles. The minimum absolute atomic E-state index is 0.0983. The van der Waals surface area contributed by atoms with E-state index in [-0.39, 0.29) is 11.9 Å². The number of rotatable bonds is 2. The molecule has 1 saturated heterocycles. The standard InChI is InChI=1S/C12H14N2O2/c15-11-7-4-8-13-12(16)14(11)9-10-5-2-1-3-6-10/h1-3,5-6H,4,7-9H2,(H,13,16). The summed E-state index contributed by atoms with van der Waals surface area (Å²) in [6.07, 6.45) is 1.15. The monoisotopic (exact) mass is 218 g/mol. The van der Waals surface area contributed by atoms with Crippen LogP contribution in [0.1, 0.15) is 18.4 Å². The quantitative estimate of drug-likeness (QED) is 0.818. The van der Waals surface area contributed by atoms with E-state index in [9.17, 15) is 9.59 Å². The van der Waals surface area contributed by atoms with Gasteiger partial charge in [-0.05, 0) is 12.0 Å². The Morgan fingerprint density at radius 1 is 1.19 bits per heavy atom. The third-order valence-electron chi connectivity index (χ3n) is 2.57. The summed E-state index contributed by atoms with van der Waals surface area (Å²) in [5, 5.41) is 2.71. The molecule has 84 valence electrons. The maximum absolute atomic E-state index is 11.7. The van der Waals surface area contributed by atoms with Crippen LogP contribution in [0.5, 0.6) is 0 Å². The minimum atomic E-state index is -0.286. The highest BCUT2D eigenvalue weighted by Gasteiger charge is 2.23. The molecule has 2 rings (SSSR count). The summed E-state index contributed by atoms with van der Waals surface area (Å²) < 4.78 is 0. The van der Waals surface area contributed by atoms with Gasteiger partial charge >= 0.3 is 6.03 Å². The molecule has 0 aliphatic carbocycles. The van der Waals surface area contributed by atoms with Gasteiger partial charge in [-0.3, -0.25) is 9.69 Å². The van der Waals surface area contributed by atoms with Crippen LogP contribution in [-0.4, -0.2) is 23.4 Å². The molecule has 1 aromatic carbocycles. The number of hydrogen-bond acceptors (Lipinski definition) is 2. The summed E-state index contributed by atoms with van der Waals surface area (Å²) in [7, 11) is 0. The highest BCUT2D eigenvalue weighted by Crippen LogP contribution is 2.09. The summed E-state index contributed by atoms with van der Waals surface area (Å²) in [4.78, 5) is 24.6. The van der Waals surface area contributed by atoms with Crippen molar-refractivity contribution in [2.45, 2.75) is 19.4 Å². The predicted octanol–water partition coefficient (Wildman–Crippen LogP) is 1.52. The van der Waals surface area contributed by atoms with Crippen LogP contribution in [0, 0.1) is 0 Å². The molecule has 1 aromatic rings. The second kappa shape index (κ2) is 4.79. The van der Waals surface area contributed by atoms with Gasteiger partial charge in [0.2, 0.25) is 5.91 Å². The van der Waals surface area contributed by atoms with Crippen LogP contribution in [-0.2, 0) is 11.3 Å². The first-order valence-electron chi connectivity index (χ1n) is 5.39. The Kier molecular flexibility index (Phi) is 3.19. The lowest BCUT2D eigenvalue weighted by Crippen LogP contribution is -2.40. The average Bonchev–Trinajstić information content (AvgIpc) is 2.46. The fourth-order valence-corrected chi connectivity index (χ4v) is 1.70. The summed E-state index contributed by atoms with van der Waals surface area (Å²) in [6, 6.07) is 9.24. The van der Waals surface area contributed by atoms with E-state index in [0.717, 1.165) is 12.0 Å². The van der Waals surface area contributed by atoms with E-state index in [0.29, 0.717) is 19.5 Å². The number of nitrogens with one attached hydrogen (secondary N) is 1. The van der Waals surface area contributed by atoms with E-state index in [1.165, 1.54) is 4.90 Å². The van der Waals surface area contributed by atoms with Gasteiger partial charge in [-0.25, -0.2) is 4.79 Å². The van der Waals surface area contributed by atoms with Crippen LogP contribution in [0.3, 0.4) is 0 Å². The Labute approximate surface area is 94.2 Å². The summed E-state index contributed by atoms with van der Waals surface area (Å²) in [6.45, 7) is 0.932. The smallest absolute Gasteiger partial charge is 0.324 e. The SMILES string of the molecule is O=C1CCCNC(=O)N1Cc1ccccc1. The Balaban J connectivity index is 2.12. The van der Waals surface area contributed by atoms with Crippen molar-refractivity contribution >= 4 is 11.9 Å². The first kappa shape index (κ1) is 10.7. The van der Waals surface area contributed by atoms with Gasteiger partial charge in [-0.1, -0.05) is 30.3 Å². The number of carbonyl (C=O) groups excluding carboxylic acids is 2. The number of amides is 3. The Morgan fingerprint density at radius 3 is 2.69 bits per heavy atom. The van der Waals surface area contributed by atoms with E-state index in [1.807, 2.05) is 30.3 Å². The molecule has 0 unspecified atom stereocenters. The zero-order valence-electron chi connectivity index (χ0n) is 8.98. The van der Waals surface area contributed by atoms with Crippen molar-refractivity contribution in [2.24, 2.45) is 0 Å². The summed E-state index contributed by atoms with van der Waals surface area (Å²) in [5.74, 6) is -0.0983. The van der Waals surface area contributed by atoms with E-state index in [4.69, 9.17) is 0 Å². The number of imide groups is 1. The van der Waals surface area contributed by atoms with Crippen LogP contribution in [0.4, 0.5) is 4.79 Å². The van der Waals surface area contributed by atoms with E-state index in [1.54, 1.807) is 0 Å². The molecule has 3 amide bonds. The molecule has 0 atom stereocenters. The van der Waals surface area contributed by atoms with Crippen LogP contribution >= 0.6 is 0 Å². The summed E-state index contributed by atoms with van der Waals surface area (Å²) in [5.41, 5.74) is 0.966. The van der Waals surface area contributed by atoms with Crippen LogP contribution < -0.4 is 5.32 Å². The van der Waals surface area contributed by atoms with Crippen molar-refractivity contribution in [3.63, 3.8) is 0 Å². The van der Waals surface area contributed by atoms with E-state index >= 15 is 0 Å². The molecular weight excluding hydrogens is 204 g/mol. The Bertz CT molecular complexity index is 371. The van der Waals surface area contributed by atoms with Gasteiger partial charge < -0.3 is 5.32 Å². The van der Waals surface area contributed by atoms with Crippen molar-refractivity contribution in [2.75, 3.05) is 6.54 Å². The van der Waals surface area contributed by atoms with Crippen molar-refractivity contribution in [3.8, 4) is 0 Å². The van der Waals surface area contributed by atoms with Crippen molar-refractivity contribution in [3.05, 3.63) is 35.9 Å². The molecule has 16 heavy (non-hydrogen) atoms. The topological polar surface area (TPSA) is 49.4 Å². The number of nitrogens with zero attached hydrogens (tertiary/aromatic N) is 1. The molecule has 4 heteroatoms. The normalized spacial score (nSPS) is 16.9. The first-order valence-corrected chi connectivity index (χ1v) is 5.39. The number of hydrogen-bond donors (Lipinski definition) is 1. The zero-order valence-corrected chi connectivity index (χ0v) is 8.98. The van der Waals surface area contributed by atoms with Gasteiger partial charge in [0, 0.05) is 13.0 Å². The third-order valence-corrected chi connectivity index (χ3v) is 2.57. The molecule has 0 saturated carbocycles. The summed E-state index contributed by atoms with van der Waals surface area (Å²) >= 11 is 0. The first-order chi connectivity index (χ1) is 7.77. The molecule has 1 aliphatic heterocycles.